The molecule has 0 atom stereocenters. The molecule has 0 saturated heterocycles. The Hall–Kier alpha value is -1.42. The lowest BCUT2D eigenvalue weighted by Crippen LogP contribution is -1.88. The summed E-state index contributed by atoms with van der Waals surface area (Å²) in [6.45, 7) is 1.98. The molecule has 0 bridgehead atoms. The third-order valence-corrected chi connectivity index (χ3v) is 2.25. The zero-order valence-corrected chi connectivity index (χ0v) is 9.03. The van der Waals surface area contributed by atoms with Crippen molar-refractivity contribution >= 4 is 11.6 Å². The van der Waals surface area contributed by atoms with E-state index >= 15 is 0 Å². The molecule has 2 heterocycles. The molecule has 0 aromatic carbocycles. The van der Waals surface area contributed by atoms with Gasteiger partial charge in [0.25, 0.3) is 0 Å². The van der Waals surface area contributed by atoms with E-state index in [1.165, 1.54) is 0 Å². The fourth-order valence-electron chi connectivity index (χ4n) is 1.24. The molecular formula is C10H10ClN3O. The summed E-state index contributed by atoms with van der Waals surface area (Å²) < 4.78 is 5.04. The van der Waals surface area contributed by atoms with Gasteiger partial charge in [-0.05, 0) is 18.6 Å². The van der Waals surface area contributed by atoms with Crippen LogP contribution in [-0.2, 0) is 6.42 Å². The minimum absolute atomic E-state index is 0.480. The fourth-order valence-corrected chi connectivity index (χ4v) is 1.41. The standard InChI is InChI=1S/C10H10ClN3O/c1-7-3-5-12-6-8(7)10-13-9(2-4-11)15-14-10/h3,5-6H,2,4H2,1H3. The van der Waals surface area contributed by atoms with Gasteiger partial charge in [-0.2, -0.15) is 4.98 Å². The smallest absolute Gasteiger partial charge is 0.228 e. The van der Waals surface area contributed by atoms with Gasteiger partial charge in [0.15, 0.2) is 0 Å². The minimum atomic E-state index is 0.480. The number of aromatic nitrogens is 3. The summed E-state index contributed by atoms with van der Waals surface area (Å²) in [6, 6.07) is 1.91. The summed E-state index contributed by atoms with van der Waals surface area (Å²) >= 11 is 5.58. The Balaban J connectivity index is 2.33. The summed E-state index contributed by atoms with van der Waals surface area (Å²) in [5, 5.41) is 3.88. The van der Waals surface area contributed by atoms with Crippen molar-refractivity contribution < 1.29 is 4.52 Å². The van der Waals surface area contributed by atoms with Crippen LogP contribution in [0.4, 0.5) is 0 Å². The highest BCUT2D eigenvalue weighted by atomic mass is 35.5. The molecule has 2 aromatic rings. The summed E-state index contributed by atoms with van der Waals surface area (Å²) in [6.07, 6.45) is 4.05. The van der Waals surface area contributed by atoms with Crippen molar-refractivity contribution in [2.24, 2.45) is 0 Å². The summed E-state index contributed by atoms with van der Waals surface area (Å²) in [5.41, 5.74) is 1.96. The SMILES string of the molecule is Cc1ccncc1-c1noc(CCCl)n1. The second kappa shape index (κ2) is 4.40. The Morgan fingerprint density at radius 1 is 1.47 bits per heavy atom. The number of pyridine rings is 1. The summed E-state index contributed by atoms with van der Waals surface area (Å²) in [4.78, 5) is 8.26. The third kappa shape index (κ3) is 2.15. The number of aryl methyl sites for hydroxylation is 2. The molecule has 0 unspecified atom stereocenters. The number of hydrogen-bond acceptors (Lipinski definition) is 4. The van der Waals surface area contributed by atoms with Crippen molar-refractivity contribution in [2.45, 2.75) is 13.3 Å². The highest BCUT2D eigenvalue weighted by Crippen LogP contribution is 2.18. The van der Waals surface area contributed by atoms with E-state index in [1.807, 2.05) is 13.0 Å². The van der Waals surface area contributed by atoms with Crippen LogP contribution in [0, 0.1) is 6.92 Å². The molecule has 0 spiro atoms. The van der Waals surface area contributed by atoms with Crippen LogP contribution in [0.2, 0.25) is 0 Å². The van der Waals surface area contributed by atoms with Gasteiger partial charge in [0, 0.05) is 30.3 Å². The number of halogens is 1. The van der Waals surface area contributed by atoms with Crippen molar-refractivity contribution in [3.05, 3.63) is 29.9 Å². The molecule has 0 aliphatic rings. The van der Waals surface area contributed by atoms with Gasteiger partial charge in [0.2, 0.25) is 11.7 Å². The zero-order chi connectivity index (χ0) is 10.7. The second-order valence-corrected chi connectivity index (χ2v) is 3.52. The van der Waals surface area contributed by atoms with Crippen LogP contribution in [0.15, 0.2) is 23.0 Å². The van der Waals surface area contributed by atoms with E-state index in [9.17, 15) is 0 Å². The average Bonchev–Trinajstić information content (AvgIpc) is 2.68. The van der Waals surface area contributed by atoms with Crippen LogP contribution < -0.4 is 0 Å². The Labute approximate surface area is 92.3 Å². The number of nitrogens with zero attached hydrogens (tertiary/aromatic N) is 3. The highest BCUT2D eigenvalue weighted by Gasteiger charge is 2.09. The average molecular weight is 224 g/mol. The van der Waals surface area contributed by atoms with Crippen molar-refractivity contribution in [3.8, 4) is 11.4 Å². The summed E-state index contributed by atoms with van der Waals surface area (Å²) in [7, 11) is 0. The lowest BCUT2D eigenvalue weighted by Gasteiger charge is -1.96. The molecule has 0 amide bonds. The van der Waals surface area contributed by atoms with Crippen molar-refractivity contribution in [2.75, 3.05) is 5.88 Å². The van der Waals surface area contributed by atoms with E-state index in [4.69, 9.17) is 16.1 Å². The maximum absolute atomic E-state index is 5.58. The van der Waals surface area contributed by atoms with Crippen LogP contribution in [0.3, 0.4) is 0 Å². The normalized spacial score (nSPS) is 10.5. The Morgan fingerprint density at radius 3 is 3.07 bits per heavy atom. The molecule has 0 aliphatic carbocycles. The van der Waals surface area contributed by atoms with Gasteiger partial charge in [-0.3, -0.25) is 4.98 Å². The first-order valence-electron chi connectivity index (χ1n) is 4.61. The highest BCUT2D eigenvalue weighted by molar-refractivity contribution is 6.17. The third-order valence-electron chi connectivity index (χ3n) is 2.06. The monoisotopic (exact) mass is 223 g/mol. The molecule has 0 saturated carbocycles. The predicted octanol–water partition coefficient (Wildman–Crippen LogP) is 2.22. The van der Waals surface area contributed by atoms with E-state index < -0.39 is 0 Å². The van der Waals surface area contributed by atoms with Gasteiger partial charge in [0.05, 0.1) is 0 Å². The van der Waals surface area contributed by atoms with E-state index in [-0.39, 0.29) is 0 Å². The predicted molar refractivity (Wildman–Crippen MR) is 56.7 cm³/mol. The van der Waals surface area contributed by atoms with Crippen molar-refractivity contribution in [1.29, 1.82) is 0 Å². The first kappa shape index (κ1) is 10.1. The molecule has 0 fully saturated rings. The maximum Gasteiger partial charge on any atom is 0.228 e. The largest absolute Gasteiger partial charge is 0.339 e. The van der Waals surface area contributed by atoms with E-state index in [0.717, 1.165) is 11.1 Å². The van der Waals surface area contributed by atoms with Gasteiger partial charge in [-0.25, -0.2) is 0 Å². The maximum atomic E-state index is 5.58. The minimum Gasteiger partial charge on any atom is -0.339 e. The van der Waals surface area contributed by atoms with Gasteiger partial charge in [0.1, 0.15) is 0 Å². The second-order valence-electron chi connectivity index (χ2n) is 3.14. The van der Waals surface area contributed by atoms with Crippen LogP contribution in [-0.4, -0.2) is 21.0 Å². The first-order chi connectivity index (χ1) is 7.31. The molecule has 78 valence electrons. The van der Waals surface area contributed by atoms with Crippen LogP contribution in [0.25, 0.3) is 11.4 Å². The molecular weight excluding hydrogens is 214 g/mol. The van der Waals surface area contributed by atoms with Crippen LogP contribution in [0.5, 0.6) is 0 Å². The van der Waals surface area contributed by atoms with Crippen molar-refractivity contribution in [1.82, 2.24) is 15.1 Å². The number of rotatable bonds is 3. The van der Waals surface area contributed by atoms with Gasteiger partial charge in [-0.1, -0.05) is 5.16 Å². The van der Waals surface area contributed by atoms with Gasteiger partial charge >= 0.3 is 0 Å². The number of hydrogen-bond donors (Lipinski definition) is 0. The number of alkyl halides is 1. The van der Waals surface area contributed by atoms with Crippen molar-refractivity contribution in [3.63, 3.8) is 0 Å². The lowest BCUT2D eigenvalue weighted by atomic mass is 10.1. The van der Waals surface area contributed by atoms with E-state index in [1.54, 1.807) is 12.4 Å². The molecule has 0 radical (unpaired) electrons. The molecule has 0 N–H and O–H groups in total. The Morgan fingerprint density at radius 2 is 2.33 bits per heavy atom. The molecule has 2 rings (SSSR count). The first-order valence-corrected chi connectivity index (χ1v) is 5.14. The topological polar surface area (TPSA) is 51.8 Å². The van der Waals surface area contributed by atoms with Crippen LogP contribution in [0.1, 0.15) is 11.5 Å². The van der Waals surface area contributed by atoms with Crippen LogP contribution >= 0.6 is 11.6 Å². The molecule has 0 aliphatic heterocycles. The fraction of sp³-hybridized carbons (Fsp3) is 0.300. The molecule has 15 heavy (non-hydrogen) atoms. The van der Waals surface area contributed by atoms with Gasteiger partial charge in [-0.15, -0.1) is 11.6 Å². The molecule has 4 nitrogen and oxygen atoms in total. The summed E-state index contributed by atoms with van der Waals surface area (Å²) in [5.74, 6) is 1.61. The lowest BCUT2D eigenvalue weighted by molar-refractivity contribution is 0.383. The molecule has 2 aromatic heterocycles. The molecule has 5 heteroatoms. The van der Waals surface area contributed by atoms with E-state index in [0.29, 0.717) is 24.0 Å². The quantitative estimate of drug-likeness (QED) is 0.749. The van der Waals surface area contributed by atoms with Gasteiger partial charge < -0.3 is 4.52 Å². The Kier molecular flexibility index (Phi) is 2.97. The van der Waals surface area contributed by atoms with E-state index in [2.05, 4.69) is 15.1 Å². The zero-order valence-electron chi connectivity index (χ0n) is 8.27. The Bertz CT molecular complexity index is 455.